The highest BCUT2D eigenvalue weighted by Crippen LogP contribution is 2.37. The van der Waals surface area contributed by atoms with E-state index in [-0.39, 0.29) is 16.2 Å². The summed E-state index contributed by atoms with van der Waals surface area (Å²) in [4.78, 5) is 18.0. The van der Waals surface area contributed by atoms with E-state index >= 15 is 0 Å². The Morgan fingerprint density at radius 2 is 1.93 bits per heavy atom. The van der Waals surface area contributed by atoms with Crippen LogP contribution < -0.4 is 4.74 Å². The number of carboxylic acids is 1. The minimum Gasteiger partial charge on any atom is -0.497 e. The number of likely N-dealkylation sites (N-methyl/N-ethyl adjacent to an activating group) is 1. The number of amidine groups is 1. The number of hydrogen-bond acceptors (Lipinski definition) is 4. The van der Waals surface area contributed by atoms with Crippen molar-refractivity contribution in [3.63, 3.8) is 0 Å². The van der Waals surface area contributed by atoms with Crippen molar-refractivity contribution in [2.45, 2.75) is 13.0 Å². The van der Waals surface area contributed by atoms with Crippen molar-refractivity contribution in [1.29, 1.82) is 0 Å². The lowest BCUT2D eigenvalue weighted by molar-refractivity contribution is -0.133. The largest absolute Gasteiger partial charge is 0.497 e. The summed E-state index contributed by atoms with van der Waals surface area (Å²) in [5.74, 6) is -0.478. The van der Waals surface area contributed by atoms with Crippen molar-refractivity contribution in [3.05, 3.63) is 75.7 Å². The van der Waals surface area contributed by atoms with Crippen molar-refractivity contribution < 1.29 is 19.0 Å². The highest BCUT2D eigenvalue weighted by atomic mass is 35.5. The Morgan fingerprint density at radius 3 is 2.48 bits per heavy atom. The first-order chi connectivity index (χ1) is 12.8. The first-order valence-corrected chi connectivity index (χ1v) is 8.56. The van der Waals surface area contributed by atoms with Crippen molar-refractivity contribution in [2.75, 3.05) is 14.2 Å². The van der Waals surface area contributed by atoms with E-state index in [2.05, 4.69) is 4.99 Å². The molecule has 0 aliphatic carbocycles. The molecule has 3 rings (SSSR count). The van der Waals surface area contributed by atoms with Crippen LogP contribution in [0.15, 0.2) is 58.7 Å². The van der Waals surface area contributed by atoms with Gasteiger partial charge in [0.2, 0.25) is 0 Å². The first kappa shape index (κ1) is 18.9. The molecule has 0 saturated heterocycles. The van der Waals surface area contributed by atoms with Crippen LogP contribution in [0, 0.1) is 5.82 Å². The summed E-state index contributed by atoms with van der Waals surface area (Å²) in [6, 6.07) is 10.6. The van der Waals surface area contributed by atoms with Crippen molar-refractivity contribution >= 4 is 23.4 Å². The molecule has 0 radical (unpaired) electrons. The highest BCUT2D eigenvalue weighted by Gasteiger charge is 2.35. The van der Waals surface area contributed by atoms with Gasteiger partial charge in [0.25, 0.3) is 0 Å². The maximum Gasteiger partial charge on any atom is 0.335 e. The van der Waals surface area contributed by atoms with Crippen LogP contribution in [-0.4, -0.2) is 36.0 Å². The molecule has 5 nitrogen and oxygen atoms in total. The molecule has 1 aliphatic rings. The van der Waals surface area contributed by atoms with Gasteiger partial charge in [0, 0.05) is 23.2 Å². The third-order valence-corrected chi connectivity index (χ3v) is 4.73. The average molecular weight is 389 g/mol. The zero-order valence-electron chi connectivity index (χ0n) is 15.0. The van der Waals surface area contributed by atoms with Crippen LogP contribution in [0.2, 0.25) is 5.02 Å². The number of halogens is 2. The topological polar surface area (TPSA) is 62.1 Å². The predicted molar refractivity (Wildman–Crippen MR) is 102 cm³/mol. The fraction of sp³-hybridized carbons (Fsp3) is 0.200. The van der Waals surface area contributed by atoms with Crippen LogP contribution in [0.5, 0.6) is 5.75 Å². The molecule has 2 aromatic rings. The minimum atomic E-state index is -1.14. The second-order valence-corrected chi connectivity index (χ2v) is 6.58. The molecule has 1 N–H and O–H groups in total. The quantitative estimate of drug-likeness (QED) is 0.849. The van der Waals surface area contributed by atoms with E-state index in [1.807, 2.05) is 12.1 Å². The molecular formula is C20H18ClFN2O3. The van der Waals surface area contributed by atoms with Gasteiger partial charge in [-0.05, 0) is 43.3 Å². The van der Waals surface area contributed by atoms with Gasteiger partial charge in [-0.25, -0.2) is 14.2 Å². The molecule has 7 heteroatoms. The molecule has 0 saturated carbocycles. The van der Waals surface area contributed by atoms with E-state index in [4.69, 9.17) is 16.3 Å². The number of carboxylic acid groups (broad SMARTS) is 1. The lowest BCUT2D eigenvalue weighted by Gasteiger charge is -2.35. The van der Waals surface area contributed by atoms with Gasteiger partial charge < -0.3 is 14.7 Å². The van der Waals surface area contributed by atoms with Crippen LogP contribution in [0.4, 0.5) is 4.39 Å². The molecule has 0 amide bonds. The molecule has 0 fully saturated rings. The third kappa shape index (κ3) is 3.53. The van der Waals surface area contributed by atoms with Crippen LogP contribution in [0.1, 0.15) is 24.1 Å². The number of aliphatic imine (C=N–C) groups is 1. The zero-order chi connectivity index (χ0) is 19.7. The van der Waals surface area contributed by atoms with E-state index in [0.29, 0.717) is 17.3 Å². The number of benzene rings is 2. The number of allylic oxidation sites excluding steroid dienone is 1. The van der Waals surface area contributed by atoms with Crippen LogP contribution in [0.25, 0.3) is 0 Å². The Balaban J connectivity index is 2.15. The lowest BCUT2D eigenvalue weighted by Crippen LogP contribution is -2.38. The predicted octanol–water partition coefficient (Wildman–Crippen LogP) is 4.28. The lowest BCUT2D eigenvalue weighted by atomic mass is 9.93. The Morgan fingerprint density at radius 1 is 1.26 bits per heavy atom. The van der Waals surface area contributed by atoms with E-state index in [1.165, 1.54) is 12.1 Å². The fourth-order valence-corrected chi connectivity index (χ4v) is 3.34. The standard InChI is InChI=1S/C20H18ClFN2O3/c1-11-17(20(25)26)18(15-9-6-13(21)10-16(15)22)24(2)19(23-11)12-4-7-14(27-3)8-5-12/h4-10,18H,1-3H3,(H,25,26). The smallest absolute Gasteiger partial charge is 0.335 e. The first-order valence-electron chi connectivity index (χ1n) is 8.18. The molecule has 1 atom stereocenters. The summed E-state index contributed by atoms with van der Waals surface area (Å²) in [6.45, 7) is 1.61. The fourth-order valence-electron chi connectivity index (χ4n) is 3.18. The van der Waals surface area contributed by atoms with E-state index < -0.39 is 17.8 Å². The summed E-state index contributed by atoms with van der Waals surface area (Å²) in [5, 5.41) is 9.96. The monoisotopic (exact) mass is 388 g/mol. The number of rotatable bonds is 4. The number of hydrogen-bond donors (Lipinski definition) is 1. The Hall–Kier alpha value is -2.86. The molecule has 0 aromatic heterocycles. The summed E-state index contributed by atoms with van der Waals surface area (Å²) in [6.07, 6.45) is 0. The molecule has 1 aliphatic heterocycles. The van der Waals surface area contributed by atoms with Gasteiger partial charge in [-0.3, -0.25) is 0 Å². The maximum atomic E-state index is 14.6. The minimum absolute atomic E-state index is 0.0241. The maximum absolute atomic E-state index is 14.6. The van der Waals surface area contributed by atoms with Gasteiger partial charge >= 0.3 is 5.97 Å². The molecule has 140 valence electrons. The van der Waals surface area contributed by atoms with Crippen molar-refractivity contribution in [2.24, 2.45) is 4.99 Å². The molecule has 1 heterocycles. The number of nitrogens with zero attached hydrogens (tertiary/aromatic N) is 2. The molecule has 0 spiro atoms. The second-order valence-electron chi connectivity index (χ2n) is 6.15. The van der Waals surface area contributed by atoms with E-state index in [9.17, 15) is 14.3 Å². The van der Waals surface area contributed by atoms with Gasteiger partial charge in [-0.15, -0.1) is 0 Å². The average Bonchev–Trinajstić information content (AvgIpc) is 2.63. The van der Waals surface area contributed by atoms with Crippen LogP contribution in [-0.2, 0) is 4.79 Å². The van der Waals surface area contributed by atoms with Crippen molar-refractivity contribution in [1.82, 2.24) is 4.90 Å². The molecular weight excluding hydrogens is 371 g/mol. The summed E-state index contributed by atoms with van der Waals surface area (Å²) in [5.41, 5.74) is 1.34. The number of aliphatic carboxylic acids is 1. The van der Waals surface area contributed by atoms with Crippen LogP contribution >= 0.6 is 11.6 Å². The highest BCUT2D eigenvalue weighted by molar-refractivity contribution is 6.30. The Kier molecular flexibility index (Phi) is 5.19. The third-order valence-electron chi connectivity index (χ3n) is 4.49. The van der Waals surface area contributed by atoms with Crippen LogP contribution in [0.3, 0.4) is 0 Å². The zero-order valence-corrected chi connectivity index (χ0v) is 15.8. The van der Waals surface area contributed by atoms with E-state index in [1.54, 1.807) is 44.2 Å². The summed E-state index contributed by atoms with van der Waals surface area (Å²) >= 11 is 5.86. The number of methoxy groups -OCH3 is 1. The second kappa shape index (κ2) is 7.40. The normalized spacial score (nSPS) is 17.0. The molecule has 0 bridgehead atoms. The Labute approximate surface area is 161 Å². The Bertz CT molecular complexity index is 954. The number of carbonyl (C=O) groups is 1. The van der Waals surface area contributed by atoms with Gasteiger partial charge in [0.05, 0.1) is 24.4 Å². The van der Waals surface area contributed by atoms with Gasteiger partial charge in [-0.2, -0.15) is 0 Å². The molecule has 1 unspecified atom stereocenters. The molecule has 2 aromatic carbocycles. The van der Waals surface area contributed by atoms with E-state index in [0.717, 1.165) is 5.56 Å². The summed E-state index contributed by atoms with van der Waals surface area (Å²) < 4.78 is 19.8. The van der Waals surface area contributed by atoms with Crippen molar-refractivity contribution in [3.8, 4) is 5.75 Å². The van der Waals surface area contributed by atoms with Gasteiger partial charge in [0.1, 0.15) is 17.4 Å². The number of ether oxygens (including phenoxy) is 1. The summed E-state index contributed by atoms with van der Waals surface area (Å²) in [7, 11) is 3.27. The SMILES string of the molecule is COc1ccc(C2=NC(C)=C(C(=O)O)C(c3ccc(Cl)cc3F)N2C)cc1. The van der Waals surface area contributed by atoms with Gasteiger partial charge in [0.15, 0.2) is 0 Å². The molecule has 27 heavy (non-hydrogen) atoms. The van der Waals surface area contributed by atoms with Gasteiger partial charge in [-0.1, -0.05) is 17.7 Å².